The fraction of sp³-hybridized carbons (Fsp3) is 0.480. The zero-order valence-corrected chi connectivity index (χ0v) is 17.7. The Bertz CT molecular complexity index is 1110. The van der Waals surface area contributed by atoms with Crippen LogP contribution in [0, 0.1) is 24.7 Å². The lowest BCUT2D eigenvalue weighted by Crippen LogP contribution is -2.59. The molecule has 4 bridgehead atoms. The normalized spacial score (nSPS) is 29.5. The number of amides is 1. The fourth-order valence-corrected chi connectivity index (χ4v) is 6.95. The van der Waals surface area contributed by atoms with Gasteiger partial charge in [0.1, 0.15) is 0 Å². The van der Waals surface area contributed by atoms with Crippen LogP contribution in [-0.4, -0.2) is 26.2 Å². The fourth-order valence-electron chi connectivity index (χ4n) is 6.95. The summed E-state index contributed by atoms with van der Waals surface area (Å²) in [4.78, 5) is 18.6. The molecule has 0 radical (unpaired) electrons. The smallest absolute Gasteiger partial charge is 0.252 e. The van der Waals surface area contributed by atoms with Crippen LogP contribution in [0.5, 0.6) is 0 Å². The van der Waals surface area contributed by atoms with Crippen LogP contribution in [0.4, 0.5) is 0 Å². The van der Waals surface area contributed by atoms with Crippen LogP contribution < -0.4 is 5.32 Å². The number of aromatic nitrogens is 3. The van der Waals surface area contributed by atoms with Crippen molar-refractivity contribution in [2.24, 2.45) is 24.8 Å². The zero-order chi connectivity index (χ0) is 20.5. The number of fused-ring (bicyclic) bond motifs is 1. The van der Waals surface area contributed by atoms with Gasteiger partial charge in [-0.1, -0.05) is 30.3 Å². The third-order valence-electron chi connectivity index (χ3n) is 7.70. The number of pyridine rings is 1. The summed E-state index contributed by atoms with van der Waals surface area (Å²) in [7, 11) is 1.90. The van der Waals surface area contributed by atoms with Crippen molar-refractivity contribution in [2.75, 3.05) is 0 Å². The topological polar surface area (TPSA) is 59.8 Å². The highest BCUT2D eigenvalue weighted by atomic mass is 16.1. The average molecular weight is 401 g/mol. The van der Waals surface area contributed by atoms with Gasteiger partial charge in [0.05, 0.1) is 22.3 Å². The summed E-state index contributed by atoms with van der Waals surface area (Å²) in [6.07, 6.45) is 7.56. The molecule has 0 unspecified atom stereocenters. The van der Waals surface area contributed by atoms with E-state index >= 15 is 0 Å². The number of benzene rings is 1. The van der Waals surface area contributed by atoms with Gasteiger partial charge >= 0.3 is 0 Å². The first-order valence-electron chi connectivity index (χ1n) is 11.2. The minimum Gasteiger partial charge on any atom is -0.347 e. The monoisotopic (exact) mass is 400 g/mol. The molecule has 4 fully saturated rings. The van der Waals surface area contributed by atoms with Gasteiger partial charge < -0.3 is 5.32 Å². The summed E-state index contributed by atoms with van der Waals surface area (Å²) >= 11 is 0. The SMILES string of the molecule is Cc1nn(C)c2nc(-c3ccccc3)cc(C(=O)NC34CC5CC(CC(C5)C3)C4)c12. The quantitative estimate of drug-likeness (QED) is 0.697. The summed E-state index contributed by atoms with van der Waals surface area (Å²) in [5.41, 5.74) is 4.16. The number of carbonyl (C=O) groups is 1. The largest absolute Gasteiger partial charge is 0.347 e. The second-order valence-corrected chi connectivity index (χ2v) is 9.98. The lowest BCUT2D eigenvalue weighted by molar-refractivity contribution is -0.0166. The van der Waals surface area contributed by atoms with Gasteiger partial charge in [0.25, 0.3) is 5.91 Å². The first kappa shape index (κ1) is 18.1. The summed E-state index contributed by atoms with van der Waals surface area (Å²) in [5, 5.41) is 8.99. The van der Waals surface area contributed by atoms with Crippen molar-refractivity contribution in [3.63, 3.8) is 0 Å². The van der Waals surface area contributed by atoms with Crippen LogP contribution >= 0.6 is 0 Å². The molecule has 5 heteroatoms. The first-order valence-corrected chi connectivity index (χ1v) is 11.2. The van der Waals surface area contributed by atoms with Gasteiger partial charge in [-0.2, -0.15) is 5.10 Å². The van der Waals surface area contributed by atoms with Gasteiger partial charge in [0.2, 0.25) is 0 Å². The predicted octanol–water partition coefficient (Wildman–Crippen LogP) is 4.64. The van der Waals surface area contributed by atoms with Crippen molar-refractivity contribution in [3.8, 4) is 11.3 Å². The number of nitrogens with one attached hydrogen (secondary N) is 1. The van der Waals surface area contributed by atoms with Crippen LogP contribution in [0.2, 0.25) is 0 Å². The van der Waals surface area contributed by atoms with E-state index in [4.69, 9.17) is 4.98 Å². The number of hydrogen-bond donors (Lipinski definition) is 1. The molecule has 0 spiro atoms. The molecule has 1 amide bonds. The Balaban J connectivity index is 1.43. The molecule has 30 heavy (non-hydrogen) atoms. The lowest BCUT2D eigenvalue weighted by Gasteiger charge is -2.56. The molecule has 0 saturated heterocycles. The van der Waals surface area contributed by atoms with Crippen molar-refractivity contribution in [1.29, 1.82) is 0 Å². The second kappa shape index (κ2) is 6.40. The summed E-state index contributed by atoms with van der Waals surface area (Å²) in [6.45, 7) is 1.97. The highest BCUT2D eigenvalue weighted by Crippen LogP contribution is 2.55. The molecule has 0 aliphatic heterocycles. The van der Waals surface area contributed by atoms with Gasteiger partial charge in [-0.05, 0) is 69.3 Å². The molecular formula is C25H28N4O. The van der Waals surface area contributed by atoms with Crippen LogP contribution in [0.3, 0.4) is 0 Å². The van der Waals surface area contributed by atoms with E-state index in [-0.39, 0.29) is 11.4 Å². The summed E-state index contributed by atoms with van der Waals surface area (Å²) in [6, 6.07) is 12.0. The molecule has 4 saturated carbocycles. The molecule has 0 atom stereocenters. The van der Waals surface area contributed by atoms with E-state index in [2.05, 4.69) is 10.4 Å². The van der Waals surface area contributed by atoms with E-state index in [1.807, 2.05) is 50.4 Å². The molecule has 4 aliphatic rings. The van der Waals surface area contributed by atoms with Crippen molar-refractivity contribution in [2.45, 2.75) is 51.0 Å². The summed E-state index contributed by atoms with van der Waals surface area (Å²) in [5.74, 6) is 2.44. The average Bonchev–Trinajstić information content (AvgIpc) is 3.00. The molecule has 1 N–H and O–H groups in total. The lowest BCUT2D eigenvalue weighted by atomic mass is 9.53. The zero-order valence-electron chi connectivity index (χ0n) is 17.7. The van der Waals surface area contributed by atoms with Crippen molar-refractivity contribution >= 4 is 16.9 Å². The third-order valence-corrected chi connectivity index (χ3v) is 7.70. The number of carbonyl (C=O) groups excluding carboxylic acids is 1. The van der Waals surface area contributed by atoms with E-state index in [0.29, 0.717) is 5.56 Å². The predicted molar refractivity (Wildman–Crippen MR) is 117 cm³/mol. The number of hydrogen-bond acceptors (Lipinski definition) is 3. The number of nitrogens with zero attached hydrogens (tertiary/aromatic N) is 3. The number of aryl methyl sites for hydroxylation is 2. The molecule has 2 heterocycles. The molecule has 4 aliphatic carbocycles. The van der Waals surface area contributed by atoms with Crippen LogP contribution in [0.15, 0.2) is 36.4 Å². The van der Waals surface area contributed by atoms with Crippen LogP contribution in [0.1, 0.15) is 54.6 Å². The van der Waals surface area contributed by atoms with Crippen LogP contribution in [-0.2, 0) is 7.05 Å². The minimum atomic E-state index is -0.00947. The van der Waals surface area contributed by atoms with E-state index in [1.165, 1.54) is 19.3 Å². The van der Waals surface area contributed by atoms with Gasteiger partial charge in [-0.15, -0.1) is 0 Å². The molecular weight excluding hydrogens is 372 g/mol. The van der Waals surface area contributed by atoms with E-state index in [9.17, 15) is 4.79 Å². The molecule has 3 aromatic rings. The minimum absolute atomic E-state index is 0.00947. The maximum atomic E-state index is 13.7. The van der Waals surface area contributed by atoms with Crippen molar-refractivity contribution in [3.05, 3.63) is 47.7 Å². The Labute approximate surface area is 176 Å². The Kier molecular flexibility index (Phi) is 3.86. The molecule has 1 aromatic carbocycles. The third kappa shape index (κ3) is 2.78. The Hall–Kier alpha value is -2.69. The Morgan fingerprint density at radius 3 is 2.33 bits per heavy atom. The summed E-state index contributed by atoms with van der Waals surface area (Å²) < 4.78 is 1.79. The maximum absolute atomic E-state index is 13.7. The second-order valence-electron chi connectivity index (χ2n) is 9.98. The first-order chi connectivity index (χ1) is 14.5. The number of rotatable bonds is 3. The van der Waals surface area contributed by atoms with Crippen LogP contribution in [0.25, 0.3) is 22.3 Å². The van der Waals surface area contributed by atoms with E-state index in [1.54, 1.807) is 4.68 Å². The highest BCUT2D eigenvalue weighted by molar-refractivity contribution is 6.07. The van der Waals surface area contributed by atoms with Gasteiger partial charge in [-0.3, -0.25) is 9.48 Å². The Morgan fingerprint density at radius 2 is 1.70 bits per heavy atom. The van der Waals surface area contributed by atoms with Gasteiger partial charge in [0.15, 0.2) is 5.65 Å². The van der Waals surface area contributed by atoms with Gasteiger partial charge in [0, 0.05) is 18.2 Å². The van der Waals surface area contributed by atoms with E-state index in [0.717, 1.165) is 65.0 Å². The van der Waals surface area contributed by atoms with Gasteiger partial charge in [-0.25, -0.2) is 4.98 Å². The standard InChI is InChI=1S/C25H28N4O/c1-15-22-20(11-21(19-6-4-3-5-7-19)26-23(22)29(2)28-15)24(30)27-25-12-16-8-17(13-25)10-18(9-16)14-25/h3-7,11,16-18H,8-10,12-14H2,1-2H3,(H,27,30). The molecule has 2 aromatic heterocycles. The Morgan fingerprint density at radius 1 is 1.07 bits per heavy atom. The van der Waals surface area contributed by atoms with Crippen molar-refractivity contribution < 1.29 is 4.79 Å². The molecule has 7 rings (SSSR count). The highest BCUT2D eigenvalue weighted by Gasteiger charge is 2.51. The van der Waals surface area contributed by atoms with Crippen molar-refractivity contribution in [1.82, 2.24) is 20.1 Å². The molecule has 5 nitrogen and oxygen atoms in total. The van der Waals surface area contributed by atoms with E-state index < -0.39 is 0 Å². The molecule has 154 valence electrons. The maximum Gasteiger partial charge on any atom is 0.252 e.